The van der Waals surface area contributed by atoms with Crippen LogP contribution in [-0.2, 0) is 0 Å². The van der Waals surface area contributed by atoms with Crippen LogP contribution in [0.4, 0.5) is 5.69 Å². The van der Waals surface area contributed by atoms with Gasteiger partial charge in [-0.05, 0) is 37.6 Å². The number of aryl methyl sites for hydroxylation is 1. The van der Waals surface area contributed by atoms with Crippen LogP contribution in [0.1, 0.15) is 12.5 Å². The number of nitrogens with two attached hydrogens (primary N) is 1. The van der Waals surface area contributed by atoms with E-state index < -0.39 is 0 Å². The van der Waals surface area contributed by atoms with Gasteiger partial charge in [0.1, 0.15) is 0 Å². The molecule has 2 rings (SSSR count). The van der Waals surface area contributed by atoms with Gasteiger partial charge in [0.25, 0.3) is 0 Å². The van der Waals surface area contributed by atoms with Gasteiger partial charge in [0, 0.05) is 42.4 Å². The normalized spacial score (nSPS) is 25.4. The van der Waals surface area contributed by atoms with E-state index >= 15 is 0 Å². The Morgan fingerprint density at radius 3 is 2.68 bits per heavy atom. The van der Waals surface area contributed by atoms with Crippen LogP contribution < -0.4 is 10.6 Å². The van der Waals surface area contributed by atoms with Gasteiger partial charge in [-0.15, -0.1) is 0 Å². The Balaban J connectivity index is 2.23. The average molecular weight is 326 g/mol. The zero-order valence-corrected chi connectivity index (χ0v) is 13.7. The first-order valence-electron chi connectivity index (χ1n) is 6.92. The molecule has 19 heavy (non-hydrogen) atoms. The van der Waals surface area contributed by atoms with E-state index in [0.717, 1.165) is 19.6 Å². The van der Waals surface area contributed by atoms with Crippen LogP contribution >= 0.6 is 15.9 Å². The maximum absolute atomic E-state index is 5.93. The first kappa shape index (κ1) is 14.8. The molecule has 0 aromatic heterocycles. The van der Waals surface area contributed by atoms with Crippen molar-refractivity contribution in [3.05, 3.63) is 28.2 Å². The molecular weight excluding hydrogens is 302 g/mol. The average Bonchev–Trinajstić information content (AvgIpc) is 2.51. The Kier molecular flexibility index (Phi) is 4.87. The summed E-state index contributed by atoms with van der Waals surface area (Å²) in [5.74, 6) is 0.654. The molecule has 0 bridgehead atoms. The molecule has 2 N–H and O–H groups in total. The molecule has 0 saturated carbocycles. The van der Waals surface area contributed by atoms with E-state index in [2.05, 4.69) is 64.8 Å². The fourth-order valence-corrected chi connectivity index (χ4v) is 3.15. The van der Waals surface area contributed by atoms with E-state index in [0.29, 0.717) is 18.5 Å². The van der Waals surface area contributed by atoms with Crippen LogP contribution in [0, 0.1) is 12.8 Å². The van der Waals surface area contributed by atoms with E-state index in [-0.39, 0.29) is 0 Å². The lowest BCUT2D eigenvalue weighted by atomic mass is 10.1. The number of hydrogen-bond donors (Lipinski definition) is 1. The first-order valence-corrected chi connectivity index (χ1v) is 7.72. The Morgan fingerprint density at radius 1 is 1.32 bits per heavy atom. The Morgan fingerprint density at radius 2 is 2.05 bits per heavy atom. The fraction of sp³-hybridized carbons (Fsp3) is 0.600. The summed E-state index contributed by atoms with van der Waals surface area (Å²) >= 11 is 3.63. The molecule has 1 heterocycles. The number of hydrogen-bond acceptors (Lipinski definition) is 3. The molecule has 2 unspecified atom stereocenters. The van der Waals surface area contributed by atoms with Crippen molar-refractivity contribution in [2.45, 2.75) is 19.9 Å². The highest BCUT2D eigenvalue weighted by Crippen LogP contribution is 2.26. The Hall–Kier alpha value is -0.580. The highest BCUT2D eigenvalue weighted by atomic mass is 79.9. The summed E-state index contributed by atoms with van der Waals surface area (Å²) in [4.78, 5) is 4.86. The predicted molar refractivity (Wildman–Crippen MR) is 85.7 cm³/mol. The summed E-state index contributed by atoms with van der Waals surface area (Å²) in [7, 11) is 2.18. The monoisotopic (exact) mass is 325 g/mol. The van der Waals surface area contributed by atoms with E-state index in [1.165, 1.54) is 15.7 Å². The number of rotatable bonds is 2. The Labute approximate surface area is 124 Å². The molecular formula is C15H24BrN3. The maximum Gasteiger partial charge on any atom is 0.0390 e. The van der Waals surface area contributed by atoms with Crippen molar-refractivity contribution in [1.29, 1.82) is 0 Å². The zero-order chi connectivity index (χ0) is 14.0. The lowest BCUT2D eigenvalue weighted by Crippen LogP contribution is -2.43. The minimum atomic E-state index is 0.435. The smallest absolute Gasteiger partial charge is 0.0390 e. The maximum atomic E-state index is 5.93. The second-order valence-corrected chi connectivity index (χ2v) is 6.63. The third-order valence-corrected chi connectivity index (χ3v) is 4.83. The van der Waals surface area contributed by atoms with Crippen LogP contribution in [0.5, 0.6) is 0 Å². The van der Waals surface area contributed by atoms with Gasteiger partial charge in [0.15, 0.2) is 0 Å². The van der Waals surface area contributed by atoms with Gasteiger partial charge in [-0.3, -0.25) is 0 Å². The molecule has 0 aliphatic carbocycles. The molecule has 1 aliphatic heterocycles. The molecule has 1 aromatic rings. The molecule has 4 heteroatoms. The minimum absolute atomic E-state index is 0.435. The van der Waals surface area contributed by atoms with E-state index in [4.69, 9.17) is 5.73 Å². The SMILES string of the molecule is Cc1ccc(N2CC(C)CN(C)C(CN)C2)cc1Br. The van der Waals surface area contributed by atoms with Gasteiger partial charge >= 0.3 is 0 Å². The molecule has 0 spiro atoms. The third-order valence-electron chi connectivity index (χ3n) is 3.98. The standard InChI is InChI=1S/C15H24BrN3/c1-11-8-18(3)14(7-17)10-19(9-11)13-5-4-12(2)15(16)6-13/h4-6,11,14H,7-10,17H2,1-3H3. The summed E-state index contributed by atoms with van der Waals surface area (Å²) in [5, 5.41) is 0. The molecule has 1 aliphatic rings. The molecule has 2 atom stereocenters. The van der Waals surface area contributed by atoms with Crippen LogP contribution in [-0.4, -0.2) is 44.2 Å². The molecule has 1 fully saturated rings. The topological polar surface area (TPSA) is 32.5 Å². The van der Waals surface area contributed by atoms with Gasteiger partial charge < -0.3 is 15.5 Å². The summed E-state index contributed by atoms with van der Waals surface area (Å²) in [6, 6.07) is 7.05. The third kappa shape index (κ3) is 3.50. The van der Waals surface area contributed by atoms with E-state index in [9.17, 15) is 0 Å². The molecule has 106 valence electrons. The lowest BCUT2D eigenvalue weighted by Gasteiger charge is -2.29. The highest BCUT2D eigenvalue weighted by Gasteiger charge is 2.25. The van der Waals surface area contributed by atoms with Gasteiger partial charge in [-0.2, -0.15) is 0 Å². The number of halogens is 1. The van der Waals surface area contributed by atoms with Crippen molar-refractivity contribution >= 4 is 21.6 Å². The first-order chi connectivity index (χ1) is 9.01. The number of benzene rings is 1. The van der Waals surface area contributed by atoms with Crippen molar-refractivity contribution < 1.29 is 0 Å². The van der Waals surface area contributed by atoms with Crippen molar-refractivity contribution in [3.63, 3.8) is 0 Å². The summed E-state index contributed by atoms with van der Waals surface area (Å²) < 4.78 is 1.18. The van der Waals surface area contributed by atoms with Gasteiger partial charge in [0.05, 0.1) is 0 Å². The van der Waals surface area contributed by atoms with Crippen molar-refractivity contribution in [2.75, 3.05) is 38.1 Å². The minimum Gasteiger partial charge on any atom is -0.370 e. The summed E-state index contributed by atoms with van der Waals surface area (Å²) in [6.07, 6.45) is 0. The molecule has 0 radical (unpaired) electrons. The predicted octanol–water partition coefficient (Wildman–Crippen LogP) is 2.47. The highest BCUT2D eigenvalue weighted by molar-refractivity contribution is 9.10. The molecule has 1 aromatic carbocycles. The summed E-state index contributed by atoms with van der Waals surface area (Å²) in [6.45, 7) is 8.36. The van der Waals surface area contributed by atoms with Crippen molar-refractivity contribution in [3.8, 4) is 0 Å². The van der Waals surface area contributed by atoms with Crippen LogP contribution in [0.15, 0.2) is 22.7 Å². The number of anilines is 1. The van der Waals surface area contributed by atoms with Crippen LogP contribution in [0.25, 0.3) is 0 Å². The zero-order valence-electron chi connectivity index (χ0n) is 12.1. The Bertz CT molecular complexity index is 435. The van der Waals surface area contributed by atoms with Crippen molar-refractivity contribution in [2.24, 2.45) is 11.7 Å². The van der Waals surface area contributed by atoms with Gasteiger partial charge in [0.2, 0.25) is 0 Å². The van der Waals surface area contributed by atoms with E-state index in [1.807, 2.05) is 0 Å². The summed E-state index contributed by atoms with van der Waals surface area (Å²) in [5.41, 5.74) is 8.49. The van der Waals surface area contributed by atoms with Gasteiger partial charge in [-0.1, -0.05) is 28.9 Å². The second-order valence-electron chi connectivity index (χ2n) is 5.77. The number of likely N-dealkylation sites (N-methyl/N-ethyl adjacent to an activating group) is 1. The fourth-order valence-electron chi connectivity index (χ4n) is 2.79. The quantitative estimate of drug-likeness (QED) is 0.906. The van der Waals surface area contributed by atoms with Crippen molar-refractivity contribution in [1.82, 2.24) is 4.90 Å². The second kappa shape index (κ2) is 6.25. The molecule has 3 nitrogen and oxygen atoms in total. The van der Waals surface area contributed by atoms with Crippen LogP contribution in [0.3, 0.4) is 0 Å². The molecule has 0 amide bonds. The van der Waals surface area contributed by atoms with Gasteiger partial charge in [-0.25, -0.2) is 0 Å². The number of nitrogens with zero attached hydrogens (tertiary/aromatic N) is 2. The molecule has 1 saturated heterocycles. The van der Waals surface area contributed by atoms with E-state index in [1.54, 1.807) is 0 Å². The van der Waals surface area contributed by atoms with Crippen LogP contribution in [0.2, 0.25) is 0 Å². The lowest BCUT2D eigenvalue weighted by molar-refractivity contribution is 0.244. The largest absolute Gasteiger partial charge is 0.370 e.